The molecule has 1 atom stereocenters. The van der Waals surface area contributed by atoms with Gasteiger partial charge in [0.1, 0.15) is 6.04 Å². The fraction of sp³-hybridized carbons (Fsp3) is 0.625. The smallest absolute Gasteiger partial charge is 0.259 e. The monoisotopic (exact) mass is 223 g/mol. The van der Waals surface area contributed by atoms with E-state index in [4.69, 9.17) is 17.3 Å². The third-order valence-corrected chi connectivity index (χ3v) is 2.15. The number of aromatic nitrogens is 2. The average molecular weight is 224 g/mol. The molecule has 1 rings (SSSR count). The summed E-state index contributed by atoms with van der Waals surface area (Å²) in [5, 5.41) is 4.08. The Morgan fingerprint density at radius 2 is 2.29 bits per heavy atom. The molecule has 1 aromatic rings. The molecule has 3 nitrogen and oxygen atoms in total. The molecule has 0 fully saturated rings. The van der Waals surface area contributed by atoms with E-state index in [9.17, 15) is 8.78 Å². The van der Waals surface area contributed by atoms with Gasteiger partial charge in [0.25, 0.3) is 6.43 Å². The van der Waals surface area contributed by atoms with Gasteiger partial charge in [-0.05, 0) is 6.42 Å². The second-order valence-electron chi connectivity index (χ2n) is 2.96. The van der Waals surface area contributed by atoms with Gasteiger partial charge in [0.15, 0.2) is 0 Å². The zero-order valence-electron chi connectivity index (χ0n) is 7.75. The average Bonchev–Trinajstić information content (AvgIpc) is 2.47. The molecule has 0 aliphatic heterocycles. The number of nitrogens with zero attached hydrogens (tertiary/aromatic N) is 2. The molecule has 0 spiro atoms. The lowest BCUT2D eigenvalue weighted by Gasteiger charge is -2.13. The summed E-state index contributed by atoms with van der Waals surface area (Å²) >= 11 is 5.72. The van der Waals surface area contributed by atoms with Crippen LogP contribution in [0.15, 0.2) is 6.20 Å². The fourth-order valence-corrected chi connectivity index (χ4v) is 1.48. The summed E-state index contributed by atoms with van der Waals surface area (Å²) in [6, 6.07) is -1.36. The lowest BCUT2D eigenvalue weighted by atomic mass is 10.2. The second kappa shape index (κ2) is 4.70. The largest absolute Gasteiger partial charge is 0.318 e. The summed E-state index contributed by atoms with van der Waals surface area (Å²) in [4.78, 5) is 0. The zero-order chi connectivity index (χ0) is 10.7. The van der Waals surface area contributed by atoms with Crippen LogP contribution in [0.1, 0.15) is 25.1 Å². The van der Waals surface area contributed by atoms with Crippen LogP contribution in [0.5, 0.6) is 0 Å². The van der Waals surface area contributed by atoms with E-state index in [1.165, 1.54) is 10.9 Å². The first-order valence-corrected chi connectivity index (χ1v) is 4.70. The molecular formula is C8H12ClF2N3. The van der Waals surface area contributed by atoms with Gasteiger partial charge in [-0.15, -0.1) is 0 Å². The number of alkyl halides is 2. The second-order valence-corrected chi connectivity index (χ2v) is 3.37. The van der Waals surface area contributed by atoms with Crippen LogP contribution >= 0.6 is 11.6 Å². The molecule has 1 heterocycles. The van der Waals surface area contributed by atoms with Crippen molar-refractivity contribution >= 4 is 11.6 Å². The molecule has 0 amide bonds. The highest BCUT2D eigenvalue weighted by Gasteiger charge is 2.24. The molecule has 0 bridgehead atoms. The molecule has 6 heteroatoms. The third-order valence-electron chi connectivity index (χ3n) is 1.86. The molecule has 0 aliphatic carbocycles. The summed E-state index contributed by atoms with van der Waals surface area (Å²) in [5.41, 5.74) is 5.53. The van der Waals surface area contributed by atoms with Crippen LogP contribution in [0.3, 0.4) is 0 Å². The Morgan fingerprint density at radius 3 is 2.79 bits per heavy atom. The van der Waals surface area contributed by atoms with Gasteiger partial charge in [-0.25, -0.2) is 8.78 Å². The quantitative estimate of drug-likeness (QED) is 0.851. The first-order chi connectivity index (χ1) is 6.57. The van der Waals surface area contributed by atoms with E-state index in [1.807, 2.05) is 6.92 Å². The molecule has 80 valence electrons. The number of hydrogen-bond acceptors (Lipinski definition) is 2. The minimum absolute atomic E-state index is 0.200. The number of aryl methyl sites for hydroxylation is 1. The van der Waals surface area contributed by atoms with E-state index in [2.05, 4.69) is 5.10 Å². The van der Waals surface area contributed by atoms with Gasteiger partial charge in [-0.2, -0.15) is 5.10 Å². The number of halogens is 3. The fourth-order valence-electron chi connectivity index (χ4n) is 1.21. The maximum absolute atomic E-state index is 12.4. The predicted octanol–water partition coefficient (Wildman–Crippen LogP) is 2.21. The normalized spacial score (nSPS) is 13.6. The molecule has 0 saturated heterocycles. The van der Waals surface area contributed by atoms with Crippen LogP contribution in [0, 0.1) is 0 Å². The number of rotatable bonds is 4. The Balaban J connectivity index is 2.97. The van der Waals surface area contributed by atoms with E-state index < -0.39 is 12.5 Å². The van der Waals surface area contributed by atoms with Gasteiger partial charge in [-0.3, -0.25) is 4.68 Å². The zero-order valence-corrected chi connectivity index (χ0v) is 8.51. The van der Waals surface area contributed by atoms with E-state index >= 15 is 0 Å². The lowest BCUT2D eigenvalue weighted by Crippen LogP contribution is -2.23. The van der Waals surface area contributed by atoms with Crippen LogP contribution in [-0.2, 0) is 6.54 Å². The maximum atomic E-state index is 12.4. The summed E-state index contributed by atoms with van der Waals surface area (Å²) in [6.07, 6.45) is -0.491. The van der Waals surface area contributed by atoms with Crippen LogP contribution in [0.25, 0.3) is 0 Å². The Bertz CT molecular complexity index is 301. The van der Waals surface area contributed by atoms with Gasteiger partial charge in [0, 0.05) is 6.54 Å². The first-order valence-electron chi connectivity index (χ1n) is 4.32. The molecule has 0 radical (unpaired) electrons. The molecule has 0 saturated carbocycles. The standard InChI is InChI=1S/C8H12ClF2N3/c1-2-3-14-7(5(9)4-13-14)6(12)8(10)11/h4,6,8H,2-3,12H2,1H3. The lowest BCUT2D eigenvalue weighted by molar-refractivity contribution is 0.112. The Kier molecular flexibility index (Phi) is 3.83. The molecule has 0 aliphatic rings. The van der Waals surface area contributed by atoms with Crippen LogP contribution in [-0.4, -0.2) is 16.2 Å². The van der Waals surface area contributed by atoms with Crippen LogP contribution in [0.2, 0.25) is 5.02 Å². The predicted molar refractivity (Wildman–Crippen MR) is 50.5 cm³/mol. The van der Waals surface area contributed by atoms with Crippen molar-refractivity contribution in [1.82, 2.24) is 9.78 Å². The van der Waals surface area contributed by atoms with E-state index in [0.29, 0.717) is 6.54 Å². The van der Waals surface area contributed by atoms with Crippen LogP contribution in [0.4, 0.5) is 8.78 Å². The van der Waals surface area contributed by atoms with Gasteiger partial charge in [-0.1, -0.05) is 18.5 Å². The third kappa shape index (κ3) is 2.22. The first kappa shape index (κ1) is 11.4. The van der Waals surface area contributed by atoms with E-state index in [0.717, 1.165) is 6.42 Å². The molecule has 1 aromatic heterocycles. The van der Waals surface area contributed by atoms with E-state index in [1.54, 1.807) is 0 Å². The summed E-state index contributed by atoms with van der Waals surface area (Å²) in [5.74, 6) is 0. The summed E-state index contributed by atoms with van der Waals surface area (Å²) in [7, 11) is 0. The van der Waals surface area contributed by atoms with Crippen molar-refractivity contribution < 1.29 is 8.78 Å². The minimum atomic E-state index is -2.63. The highest BCUT2D eigenvalue weighted by molar-refractivity contribution is 6.31. The van der Waals surface area contributed by atoms with Gasteiger partial charge >= 0.3 is 0 Å². The molecule has 0 aromatic carbocycles. The number of nitrogens with two attached hydrogens (primary N) is 1. The van der Waals surface area contributed by atoms with Gasteiger partial charge < -0.3 is 5.73 Å². The van der Waals surface area contributed by atoms with Crippen molar-refractivity contribution in [1.29, 1.82) is 0 Å². The van der Waals surface area contributed by atoms with Crippen molar-refractivity contribution in [2.75, 3.05) is 0 Å². The van der Waals surface area contributed by atoms with Crippen molar-refractivity contribution in [3.8, 4) is 0 Å². The Labute approximate surface area is 85.8 Å². The molecular weight excluding hydrogens is 212 g/mol. The van der Waals surface area contributed by atoms with Crippen molar-refractivity contribution in [2.24, 2.45) is 5.73 Å². The minimum Gasteiger partial charge on any atom is -0.318 e. The summed E-state index contributed by atoms with van der Waals surface area (Å²) in [6.45, 7) is 2.47. The van der Waals surface area contributed by atoms with Crippen molar-refractivity contribution in [3.63, 3.8) is 0 Å². The highest BCUT2D eigenvalue weighted by Crippen LogP contribution is 2.25. The maximum Gasteiger partial charge on any atom is 0.259 e. The number of hydrogen-bond donors (Lipinski definition) is 1. The van der Waals surface area contributed by atoms with Gasteiger partial charge in [0.05, 0.1) is 16.9 Å². The molecule has 14 heavy (non-hydrogen) atoms. The van der Waals surface area contributed by atoms with E-state index in [-0.39, 0.29) is 10.7 Å². The highest BCUT2D eigenvalue weighted by atomic mass is 35.5. The SMILES string of the molecule is CCCn1ncc(Cl)c1C(N)C(F)F. The molecule has 1 unspecified atom stereocenters. The van der Waals surface area contributed by atoms with Crippen LogP contribution < -0.4 is 5.73 Å². The Hall–Kier alpha value is -0.680. The summed E-state index contributed by atoms with van der Waals surface area (Å²) < 4.78 is 26.2. The topological polar surface area (TPSA) is 43.8 Å². The van der Waals surface area contributed by atoms with Crippen molar-refractivity contribution in [2.45, 2.75) is 32.4 Å². The van der Waals surface area contributed by atoms with Crippen molar-refractivity contribution in [3.05, 3.63) is 16.9 Å². The molecule has 2 N–H and O–H groups in total. The van der Waals surface area contributed by atoms with Gasteiger partial charge in [0.2, 0.25) is 0 Å². The Morgan fingerprint density at radius 1 is 1.64 bits per heavy atom.